The van der Waals surface area contributed by atoms with Crippen molar-refractivity contribution in [1.82, 2.24) is 0 Å². The second kappa shape index (κ2) is 7.83. The molecule has 1 aliphatic carbocycles. The van der Waals surface area contributed by atoms with E-state index in [1.165, 1.54) is 69.8 Å². The van der Waals surface area contributed by atoms with Gasteiger partial charge in [0.15, 0.2) is 0 Å². The number of benzene rings is 1. The van der Waals surface area contributed by atoms with Crippen LogP contribution in [-0.4, -0.2) is 5.54 Å². The molecule has 0 atom stereocenters. The number of hydrogen-bond acceptors (Lipinski definition) is 1. The van der Waals surface area contributed by atoms with Crippen LogP contribution < -0.4 is 5.73 Å². The van der Waals surface area contributed by atoms with Gasteiger partial charge in [0.2, 0.25) is 0 Å². The third-order valence-corrected chi connectivity index (χ3v) is 5.03. The van der Waals surface area contributed by atoms with Crippen LogP contribution in [-0.2, 0) is 0 Å². The molecule has 0 saturated heterocycles. The largest absolute Gasteiger partial charge is 0.325 e. The third kappa shape index (κ3) is 4.63. The summed E-state index contributed by atoms with van der Waals surface area (Å²) in [4.78, 5) is 0. The quantitative estimate of drug-likeness (QED) is 0.661. The van der Waals surface area contributed by atoms with E-state index in [1.54, 1.807) is 0 Å². The zero-order valence-corrected chi connectivity index (χ0v) is 13.1. The second-order valence-electron chi connectivity index (χ2n) is 6.71. The molecule has 1 saturated carbocycles. The fraction of sp³-hybridized carbons (Fsp3) is 0.684. The topological polar surface area (TPSA) is 26.0 Å². The maximum atomic E-state index is 6.61. The molecule has 0 bridgehead atoms. The molecule has 20 heavy (non-hydrogen) atoms. The van der Waals surface area contributed by atoms with Crippen LogP contribution in [0, 0.1) is 0 Å². The third-order valence-electron chi connectivity index (χ3n) is 5.03. The minimum Gasteiger partial charge on any atom is -0.325 e. The normalized spacial score (nSPS) is 26.6. The van der Waals surface area contributed by atoms with Gasteiger partial charge in [-0.05, 0) is 43.6 Å². The highest BCUT2D eigenvalue weighted by molar-refractivity contribution is 5.20. The lowest BCUT2D eigenvalue weighted by atomic mass is 9.72. The Morgan fingerprint density at radius 1 is 1.00 bits per heavy atom. The van der Waals surface area contributed by atoms with Crippen LogP contribution in [0.3, 0.4) is 0 Å². The van der Waals surface area contributed by atoms with Crippen LogP contribution in [0.2, 0.25) is 0 Å². The highest BCUT2D eigenvalue weighted by atomic mass is 14.7. The van der Waals surface area contributed by atoms with Crippen molar-refractivity contribution >= 4 is 0 Å². The summed E-state index contributed by atoms with van der Waals surface area (Å²) in [6.07, 6.45) is 13.0. The van der Waals surface area contributed by atoms with E-state index in [4.69, 9.17) is 5.73 Å². The lowest BCUT2D eigenvalue weighted by Gasteiger charge is -2.37. The highest BCUT2D eigenvalue weighted by Crippen LogP contribution is 2.38. The molecule has 2 N–H and O–H groups in total. The van der Waals surface area contributed by atoms with Crippen LogP contribution in [0.5, 0.6) is 0 Å². The first-order valence-corrected chi connectivity index (χ1v) is 8.57. The molecule has 0 heterocycles. The molecule has 1 aromatic carbocycles. The summed E-state index contributed by atoms with van der Waals surface area (Å²) in [6, 6.07) is 11.0. The Morgan fingerprint density at radius 2 is 1.65 bits per heavy atom. The van der Waals surface area contributed by atoms with Crippen molar-refractivity contribution in [3.05, 3.63) is 35.9 Å². The molecule has 0 spiro atoms. The Morgan fingerprint density at radius 3 is 2.30 bits per heavy atom. The van der Waals surface area contributed by atoms with E-state index in [-0.39, 0.29) is 5.54 Å². The SMILES string of the molecule is CCCCCCCC1(N)CCC(c2ccccc2)CC1. The number of unbranched alkanes of at least 4 members (excludes halogenated alkanes) is 4. The molecule has 1 fully saturated rings. The van der Waals surface area contributed by atoms with Crippen LogP contribution in [0.1, 0.15) is 82.6 Å². The van der Waals surface area contributed by atoms with Crippen LogP contribution >= 0.6 is 0 Å². The summed E-state index contributed by atoms with van der Waals surface area (Å²) in [5.74, 6) is 0.743. The van der Waals surface area contributed by atoms with Crippen LogP contribution in [0.4, 0.5) is 0 Å². The summed E-state index contributed by atoms with van der Waals surface area (Å²) in [7, 11) is 0. The first-order chi connectivity index (χ1) is 9.73. The molecule has 0 aliphatic heterocycles. The summed E-state index contributed by atoms with van der Waals surface area (Å²) in [6.45, 7) is 2.27. The van der Waals surface area contributed by atoms with Crippen molar-refractivity contribution in [1.29, 1.82) is 0 Å². The predicted octanol–water partition coefficient (Wildman–Crippen LogP) is 5.40. The fourth-order valence-corrected chi connectivity index (χ4v) is 3.58. The van der Waals surface area contributed by atoms with Gasteiger partial charge in [-0.15, -0.1) is 0 Å². The van der Waals surface area contributed by atoms with E-state index in [1.807, 2.05) is 0 Å². The smallest absolute Gasteiger partial charge is 0.0154 e. The molecule has 2 rings (SSSR count). The Balaban J connectivity index is 1.72. The van der Waals surface area contributed by atoms with Crippen molar-refractivity contribution in [2.24, 2.45) is 5.73 Å². The van der Waals surface area contributed by atoms with Gasteiger partial charge in [-0.25, -0.2) is 0 Å². The van der Waals surface area contributed by atoms with E-state index in [9.17, 15) is 0 Å². The molecular weight excluding hydrogens is 242 g/mol. The summed E-state index contributed by atoms with van der Waals surface area (Å²) in [5.41, 5.74) is 8.26. The fourth-order valence-electron chi connectivity index (χ4n) is 3.58. The Hall–Kier alpha value is -0.820. The predicted molar refractivity (Wildman–Crippen MR) is 87.9 cm³/mol. The van der Waals surface area contributed by atoms with Gasteiger partial charge in [-0.2, -0.15) is 0 Å². The van der Waals surface area contributed by atoms with Crippen LogP contribution in [0.25, 0.3) is 0 Å². The van der Waals surface area contributed by atoms with Gasteiger partial charge in [0, 0.05) is 5.54 Å². The number of hydrogen-bond donors (Lipinski definition) is 1. The Bertz CT molecular complexity index is 363. The van der Waals surface area contributed by atoms with Crippen molar-refractivity contribution in [3.8, 4) is 0 Å². The molecular formula is C19H31N. The van der Waals surface area contributed by atoms with Gasteiger partial charge < -0.3 is 5.73 Å². The van der Waals surface area contributed by atoms with Gasteiger partial charge in [0.05, 0.1) is 0 Å². The van der Waals surface area contributed by atoms with E-state index >= 15 is 0 Å². The van der Waals surface area contributed by atoms with Gasteiger partial charge in [0.25, 0.3) is 0 Å². The molecule has 0 unspecified atom stereocenters. The van der Waals surface area contributed by atoms with Crippen molar-refractivity contribution in [2.75, 3.05) is 0 Å². The van der Waals surface area contributed by atoms with E-state index in [0.717, 1.165) is 5.92 Å². The average Bonchev–Trinajstić information content (AvgIpc) is 2.49. The van der Waals surface area contributed by atoms with Crippen molar-refractivity contribution in [3.63, 3.8) is 0 Å². The lowest BCUT2D eigenvalue weighted by molar-refractivity contribution is 0.250. The highest BCUT2D eigenvalue weighted by Gasteiger charge is 2.31. The molecule has 112 valence electrons. The van der Waals surface area contributed by atoms with Gasteiger partial charge >= 0.3 is 0 Å². The van der Waals surface area contributed by atoms with Gasteiger partial charge in [-0.1, -0.05) is 69.4 Å². The molecule has 0 radical (unpaired) electrons. The maximum Gasteiger partial charge on any atom is 0.0154 e. The molecule has 1 aliphatic rings. The molecule has 0 aromatic heterocycles. The average molecular weight is 273 g/mol. The number of rotatable bonds is 7. The first-order valence-electron chi connectivity index (χ1n) is 8.57. The maximum absolute atomic E-state index is 6.61. The first kappa shape index (κ1) is 15.6. The summed E-state index contributed by atoms with van der Waals surface area (Å²) < 4.78 is 0. The number of nitrogens with two attached hydrogens (primary N) is 1. The molecule has 1 nitrogen and oxygen atoms in total. The van der Waals surface area contributed by atoms with Gasteiger partial charge in [-0.3, -0.25) is 0 Å². The van der Waals surface area contributed by atoms with E-state index in [2.05, 4.69) is 37.3 Å². The van der Waals surface area contributed by atoms with Crippen molar-refractivity contribution in [2.45, 2.75) is 82.6 Å². The van der Waals surface area contributed by atoms with Crippen molar-refractivity contribution < 1.29 is 0 Å². The molecule has 0 amide bonds. The zero-order chi connectivity index (χ0) is 14.3. The van der Waals surface area contributed by atoms with Gasteiger partial charge in [0.1, 0.15) is 0 Å². The summed E-state index contributed by atoms with van der Waals surface area (Å²) in [5, 5.41) is 0. The molecule has 1 heteroatoms. The lowest BCUT2D eigenvalue weighted by Crippen LogP contribution is -2.42. The van der Waals surface area contributed by atoms with E-state index < -0.39 is 0 Å². The molecule has 1 aromatic rings. The summed E-state index contributed by atoms with van der Waals surface area (Å²) >= 11 is 0. The minimum absolute atomic E-state index is 0.136. The van der Waals surface area contributed by atoms with Crippen LogP contribution in [0.15, 0.2) is 30.3 Å². The van der Waals surface area contributed by atoms with E-state index in [0.29, 0.717) is 0 Å². The Kier molecular flexibility index (Phi) is 6.09. The zero-order valence-electron chi connectivity index (χ0n) is 13.1. The standard InChI is InChI=1S/C19H31N/c1-2-3-4-5-9-14-19(20)15-12-18(13-16-19)17-10-7-6-8-11-17/h6-8,10-11,18H,2-5,9,12-16,20H2,1H3. The second-order valence-corrected chi connectivity index (χ2v) is 6.71. The Labute approximate surface area is 125 Å². The monoisotopic (exact) mass is 273 g/mol. The minimum atomic E-state index is 0.136.